The molecule has 5 rings (SSSR count). The number of nitrogens with one attached hydrogen (secondary N) is 1. The lowest BCUT2D eigenvalue weighted by Crippen LogP contribution is -2.57. The van der Waals surface area contributed by atoms with Crippen molar-refractivity contribution in [3.8, 4) is 11.5 Å². The minimum atomic E-state index is -0.465. The topological polar surface area (TPSA) is 89.5 Å². The predicted octanol–water partition coefficient (Wildman–Crippen LogP) is 3.83. The molecular weight excluding hydrogens is 494 g/mol. The summed E-state index contributed by atoms with van der Waals surface area (Å²) in [6, 6.07) is 25.1. The van der Waals surface area contributed by atoms with Crippen LogP contribution in [0.15, 0.2) is 84.0 Å². The van der Waals surface area contributed by atoms with E-state index in [0.717, 1.165) is 16.7 Å². The summed E-state index contributed by atoms with van der Waals surface area (Å²) in [5, 5.41) is 4.26. The van der Waals surface area contributed by atoms with Gasteiger partial charge in [-0.15, -0.1) is 0 Å². The maximum atomic E-state index is 13.9. The van der Waals surface area contributed by atoms with Gasteiger partial charge in [0, 0.05) is 24.9 Å². The highest BCUT2D eigenvalue weighted by Gasteiger charge is 2.58. The van der Waals surface area contributed by atoms with Crippen molar-refractivity contribution in [3.05, 3.63) is 95.6 Å². The van der Waals surface area contributed by atoms with Crippen LogP contribution in [0.25, 0.3) is 0 Å². The Labute approximate surface area is 228 Å². The highest BCUT2D eigenvalue weighted by atomic mass is 16.5. The molecule has 39 heavy (non-hydrogen) atoms. The Morgan fingerprint density at radius 2 is 1.44 bits per heavy atom. The molecule has 8 nitrogen and oxygen atoms in total. The van der Waals surface area contributed by atoms with Gasteiger partial charge >= 0.3 is 0 Å². The monoisotopic (exact) mass is 527 g/mol. The number of nitrogens with zero attached hydrogens (tertiary/aromatic N) is 2. The number of hydrogen-bond acceptors (Lipinski definition) is 6. The first-order valence-corrected chi connectivity index (χ1v) is 13.1. The van der Waals surface area contributed by atoms with Crippen LogP contribution in [0.3, 0.4) is 0 Å². The summed E-state index contributed by atoms with van der Waals surface area (Å²) in [7, 11) is 3.15. The minimum absolute atomic E-state index is 0.0684. The highest BCUT2D eigenvalue weighted by molar-refractivity contribution is 5.91. The quantitative estimate of drug-likeness (QED) is 0.355. The van der Waals surface area contributed by atoms with Crippen molar-refractivity contribution in [2.75, 3.05) is 40.5 Å². The van der Waals surface area contributed by atoms with Crippen LogP contribution in [0.5, 0.6) is 11.5 Å². The zero-order chi connectivity index (χ0) is 27.2. The lowest BCUT2D eigenvalue weighted by molar-refractivity contribution is -0.151. The van der Waals surface area contributed by atoms with Crippen LogP contribution in [0.2, 0.25) is 0 Å². The molecule has 2 atom stereocenters. The van der Waals surface area contributed by atoms with Crippen LogP contribution < -0.4 is 14.9 Å². The molecule has 2 amide bonds. The van der Waals surface area contributed by atoms with Crippen molar-refractivity contribution >= 4 is 18.0 Å². The van der Waals surface area contributed by atoms with E-state index >= 15 is 0 Å². The standard InChI is InChI=1S/C31H33N3O5/c1-37-24-14-13-21(19-25(24)38-2)20-32-33-30(35)28-26(22-9-5-3-6-10-22)29(27(28)23-11-7-4-8-12-23)31(36)34-15-17-39-18-16-34/h3-14,19-20,26-29H,15-18H2,1-2H3,(H,33,35). The first kappa shape index (κ1) is 26.4. The third-order valence-corrected chi connectivity index (χ3v) is 7.62. The lowest BCUT2D eigenvalue weighted by Gasteiger charge is -2.52. The number of rotatable bonds is 8. The molecule has 0 aromatic heterocycles. The van der Waals surface area contributed by atoms with Crippen molar-refractivity contribution in [3.63, 3.8) is 0 Å². The van der Waals surface area contributed by atoms with Gasteiger partial charge in [0.15, 0.2) is 11.5 Å². The predicted molar refractivity (Wildman–Crippen MR) is 148 cm³/mol. The van der Waals surface area contributed by atoms with Crippen LogP contribution in [0.1, 0.15) is 28.5 Å². The van der Waals surface area contributed by atoms with E-state index in [9.17, 15) is 9.59 Å². The third-order valence-electron chi connectivity index (χ3n) is 7.62. The van der Waals surface area contributed by atoms with Gasteiger partial charge in [0.2, 0.25) is 11.8 Å². The highest BCUT2D eigenvalue weighted by Crippen LogP contribution is 2.58. The van der Waals surface area contributed by atoms with Crippen molar-refractivity contribution in [2.45, 2.75) is 11.8 Å². The van der Waals surface area contributed by atoms with Gasteiger partial charge in [0.1, 0.15) is 0 Å². The van der Waals surface area contributed by atoms with E-state index in [1.807, 2.05) is 71.6 Å². The number of ether oxygens (including phenoxy) is 3. The summed E-state index contributed by atoms with van der Waals surface area (Å²) in [6.07, 6.45) is 1.57. The molecule has 1 N–H and O–H groups in total. The maximum absolute atomic E-state index is 13.9. The van der Waals surface area contributed by atoms with Crippen LogP contribution in [0.4, 0.5) is 0 Å². The average molecular weight is 528 g/mol. The Kier molecular flexibility index (Phi) is 8.22. The number of morpholine rings is 1. The van der Waals surface area contributed by atoms with Crippen LogP contribution >= 0.6 is 0 Å². The third kappa shape index (κ3) is 5.52. The van der Waals surface area contributed by atoms with E-state index in [0.29, 0.717) is 37.8 Å². The molecule has 2 fully saturated rings. The number of amides is 2. The molecular formula is C31H33N3O5. The Morgan fingerprint density at radius 1 is 0.846 bits per heavy atom. The fourth-order valence-electron chi connectivity index (χ4n) is 5.73. The number of carbonyl (C=O) groups excluding carboxylic acids is 2. The average Bonchev–Trinajstić information content (AvgIpc) is 2.98. The molecule has 1 aliphatic heterocycles. The normalized spacial score (nSPS) is 22.7. The lowest BCUT2D eigenvalue weighted by atomic mass is 9.51. The van der Waals surface area contributed by atoms with Gasteiger partial charge in [-0.2, -0.15) is 5.10 Å². The fourth-order valence-corrected chi connectivity index (χ4v) is 5.73. The van der Waals surface area contributed by atoms with Crippen molar-refractivity contribution in [2.24, 2.45) is 16.9 Å². The molecule has 3 aromatic carbocycles. The number of hydrazone groups is 1. The Balaban J connectivity index is 1.44. The van der Waals surface area contributed by atoms with Gasteiger partial charge in [-0.25, -0.2) is 5.43 Å². The van der Waals surface area contributed by atoms with Gasteiger partial charge in [-0.05, 0) is 34.9 Å². The van der Waals surface area contributed by atoms with Crippen LogP contribution in [-0.2, 0) is 14.3 Å². The van der Waals surface area contributed by atoms with Gasteiger partial charge in [-0.3, -0.25) is 9.59 Å². The molecule has 0 radical (unpaired) electrons. The second-order valence-corrected chi connectivity index (χ2v) is 9.71. The Hall–Kier alpha value is -4.17. The summed E-state index contributed by atoms with van der Waals surface area (Å²) in [4.78, 5) is 29.5. The van der Waals surface area contributed by atoms with Gasteiger partial charge in [-0.1, -0.05) is 60.7 Å². The zero-order valence-corrected chi connectivity index (χ0v) is 22.2. The maximum Gasteiger partial charge on any atom is 0.244 e. The molecule has 8 heteroatoms. The van der Waals surface area contributed by atoms with E-state index in [2.05, 4.69) is 10.5 Å². The minimum Gasteiger partial charge on any atom is -0.493 e. The molecule has 2 unspecified atom stereocenters. The Morgan fingerprint density at radius 3 is 2.00 bits per heavy atom. The summed E-state index contributed by atoms with van der Waals surface area (Å²) in [5.41, 5.74) is 5.45. The second kappa shape index (κ2) is 12.1. The van der Waals surface area contributed by atoms with E-state index in [-0.39, 0.29) is 29.6 Å². The number of methoxy groups -OCH3 is 2. The van der Waals surface area contributed by atoms with Crippen molar-refractivity contribution < 1.29 is 23.8 Å². The zero-order valence-electron chi connectivity index (χ0n) is 22.2. The summed E-state index contributed by atoms with van der Waals surface area (Å²) >= 11 is 0. The van der Waals surface area contributed by atoms with Gasteiger partial charge in [0.05, 0.1) is 45.5 Å². The van der Waals surface area contributed by atoms with Crippen LogP contribution in [-0.4, -0.2) is 63.5 Å². The molecule has 0 spiro atoms. The smallest absolute Gasteiger partial charge is 0.244 e. The first-order valence-electron chi connectivity index (χ1n) is 13.1. The van der Waals surface area contributed by atoms with E-state index in [4.69, 9.17) is 14.2 Å². The summed E-state index contributed by atoms with van der Waals surface area (Å²) < 4.78 is 16.1. The molecule has 1 saturated carbocycles. The number of carbonyl (C=O) groups is 2. The Bertz CT molecular complexity index is 1260. The molecule has 202 valence electrons. The molecule has 1 saturated heterocycles. The first-order chi connectivity index (χ1) is 19.1. The molecule has 1 aliphatic carbocycles. The number of hydrogen-bond donors (Lipinski definition) is 1. The largest absolute Gasteiger partial charge is 0.493 e. The fraction of sp³-hybridized carbons (Fsp3) is 0.323. The van der Waals surface area contributed by atoms with E-state index < -0.39 is 5.92 Å². The van der Waals surface area contributed by atoms with E-state index in [1.165, 1.54) is 0 Å². The van der Waals surface area contributed by atoms with Gasteiger partial charge in [0.25, 0.3) is 0 Å². The SMILES string of the molecule is COc1ccc(C=NNC(=O)C2C(c3ccccc3)C(C(=O)N3CCOCC3)C2c2ccccc2)cc1OC. The summed E-state index contributed by atoms with van der Waals surface area (Å²) in [6.45, 7) is 2.17. The number of benzene rings is 3. The summed E-state index contributed by atoms with van der Waals surface area (Å²) in [5.74, 6) is -0.346. The molecule has 0 bridgehead atoms. The second-order valence-electron chi connectivity index (χ2n) is 9.71. The molecule has 2 aliphatic rings. The van der Waals surface area contributed by atoms with Gasteiger partial charge < -0.3 is 19.1 Å². The van der Waals surface area contributed by atoms with Crippen molar-refractivity contribution in [1.82, 2.24) is 10.3 Å². The molecule has 1 heterocycles. The van der Waals surface area contributed by atoms with Crippen molar-refractivity contribution in [1.29, 1.82) is 0 Å². The van der Waals surface area contributed by atoms with Crippen LogP contribution in [0, 0.1) is 11.8 Å². The molecule has 3 aromatic rings. The van der Waals surface area contributed by atoms with E-state index in [1.54, 1.807) is 32.6 Å².